The minimum Gasteiger partial charge on any atom is -0.362 e. The van der Waals surface area contributed by atoms with Crippen molar-refractivity contribution in [2.45, 2.75) is 107 Å². The van der Waals surface area contributed by atoms with E-state index in [-0.39, 0.29) is 54.7 Å². The molecule has 3 saturated carbocycles. The van der Waals surface area contributed by atoms with E-state index in [2.05, 4.69) is 47.4 Å². The summed E-state index contributed by atoms with van der Waals surface area (Å²) < 4.78 is 55.4. The van der Waals surface area contributed by atoms with Crippen LogP contribution in [0.4, 0.5) is 24.7 Å². The molecule has 0 radical (unpaired) electrons. The summed E-state index contributed by atoms with van der Waals surface area (Å²) in [7, 11) is 0. The molecule has 1 aromatic carbocycles. The van der Waals surface area contributed by atoms with Gasteiger partial charge in [-0.3, -0.25) is 38.9 Å². The number of aromatic nitrogens is 7. The number of nitrogens with zero attached hydrogens (tertiary/aromatic N) is 10. The van der Waals surface area contributed by atoms with Crippen LogP contribution < -0.4 is 15.5 Å². The summed E-state index contributed by atoms with van der Waals surface area (Å²) in [6.07, 6.45) is 9.09. The fourth-order valence-corrected chi connectivity index (χ4v) is 10.7. The second kappa shape index (κ2) is 18.9. The van der Waals surface area contributed by atoms with Crippen molar-refractivity contribution in [3.05, 3.63) is 65.4 Å². The van der Waals surface area contributed by atoms with Crippen molar-refractivity contribution in [3.8, 4) is 11.8 Å². The van der Waals surface area contributed by atoms with Gasteiger partial charge in [-0.2, -0.15) is 15.3 Å². The van der Waals surface area contributed by atoms with Crippen molar-refractivity contribution < 1.29 is 32.3 Å². The highest BCUT2D eigenvalue weighted by Crippen LogP contribution is 2.41. The molecule has 3 aliphatic heterocycles. The minimum absolute atomic E-state index is 0.0292. The van der Waals surface area contributed by atoms with Gasteiger partial charge in [0.1, 0.15) is 24.2 Å². The van der Waals surface area contributed by atoms with Gasteiger partial charge in [-0.1, -0.05) is 24.0 Å². The van der Waals surface area contributed by atoms with Crippen LogP contribution in [0.5, 0.6) is 0 Å². The number of ether oxygens (including phenoxy) is 1. The average Bonchev–Trinajstić information content (AvgIpc) is 4.23. The number of nitrogens with one attached hydrogen (secondary N) is 2. The maximum atomic E-state index is 15.6. The van der Waals surface area contributed by atoms with Gasteiger partial charge < -0.3 is 15.0 Å². The van der Waals surface area contributed by atoms with Gasteiger partial charge in [0, 0.05) is 76.6 Å². The number of fused-ring (bicyclic) bond motifs is 2. The number of likely N-dealkylation sites (tertiary alicyclic amines) is 1. The standard InChI is InChI=1S/C49H57F3N12O4/c50-38-28-60(18-16-40(38)68-24-2-4-32-3-1-5-35-43(36-14-15-42(65)56-48(36)66)58-64(45(32)35)34-12-13-34)27-31-8-10-33(11-9-31)63-29-39(44(57-63)46(51)52)54-49(67)37-25-53-62-19-17-41(55-47(37)62)61-22-20-59(21-23-61)26-30-6-7-30/h1,3,5,17,19,25,29-31,33-34,36,38,40,46H,6-16,18,20-24,26-28H2,(H,54,67)(H,56,65,66)/t31?,33?,36?,38-,40+/m0/s1. The first-order valence-corrected chi connectivity index (χ1v) is 24.4. The largest absolute Gasteiger partial charge is 0.362 e. The van der Waals surface area contributed by atoms with Crippen molar-refractivity contribution in [1.29, 1.82) is 0 Å². The molecule has 4 aromatic heterocycles. The Morgan fingerprint density at radius 1 is 0.897 bits per heavy atom. The van der Waals surface area contributed by atoms with Crippen molar-refractivity contribution >= 4 is 45.8 Å². The number of imide groups is 1. The number of carbonyl (C=O) groups is 3. The SMILES string of the molecule is O=C1CCC(c2nn(C3CC3)c3c(C#CCO[C@@H]4CCN(CC5CCC(n6cc(NC(=O)c7cnn8ccc(N9CCN(CC%10CC%10)CC9)nc78)c(C(F)F)n6)CC5)C[C@@H]4F)cccc23)C(=O)N1. The van der Waals surface area contributed by atoms with Crippen LogP contribution >= 0.6 is 0 Å². The molecule has 6 fully saturated rings. The van der Waals surface area contributed by atoms with Crippen LogP contribution in [0.1, 0.15) is 122 Å². The third-order valence-electron chi connectivity index (χ3n) is 14.8. The van der Waals surface area contributed by atoms with E-state index >= 15 is 4.39 Å². The Morgan fingerprint density at radius 2 is 1.66 bits per heavy atom. The van der Waals surface area contributed by atoms with Crippen molar-refractivity contribution in [1.82, 2.24) is 49.3 Å². The molecule has 0 spiro atoms. The molecule has 358 valence electrons. The minimum atomic E-state index is -2.89. The van der Waals surface area contributed by atoms with Gasteiger partial charge in [0.05, 0.1) is 52.8 Å². The first-order chi connectivity index (χ1) is 33.1. The van der Waals surface area contributed by atoms with Crippen LogP contribution in [0.25, 0.3) is 16.6 Å². The number of carbonyl (C=O) groups excluding carboxylic acids is 3. The van der Waals surface area contributed by atoms with Gasteiger partial charge in [-0.15, -0.1) is 0 Å². The normalized spacial score (nSPS) is 25.2. The van der Waals surface area contributed by atoms with Gasteiger partial charge in [0.2, 0.25) is 11.8 Å². The Kier molecular flexibility index (Phi) is 12.4. The number of rotatable bonds is 13. The summed E-state index contributed by atoms with van der Waals surface area (Å²) in [5.74, 6) is 6.60. The molecule has 6 aliphatic rings. The lowest BCUT2D eigenvalue weighted by atomic mass is 9.85. The highest BCUT2D eigenvalue weighted by Gasteiger charge is 2.36. The highest BCUT2D eigenvalue weighted by molar-refractivity contribution is 6.08. The van der Waals surface area contributed by atoms with Crippen LogP contribution in [-0.4, -0.2) is 133 Å². The van der Waals surface area contributed by atoms with Crippen molar-refractivity contribution in [3.63, 3.8) is 0 Å². The lowest BCUT2D eigenvalue weighted by molar-refractivity contribution is -0.134. The number of piperidine rings is 2. The average molecular weight is 935 g/mol. The number of benzene rings is 1. The van der Waals surface area contributed by atoms with E-state index in [1.54, 1.807) is 10.9 Å². The van der Waals surface area contributed by atoms with Gasteiger partial charge in [-0.25, -0.2) is 22.7 Å². The molecule has 2 N–H and O–H groups in total. The summed E-state index contributed by atoms with van der Waals surface area (Å²) in [6, 6.07) is 7.80. The molecule has 0 bridgehead atoms. The molecular weight excluding hydrogens is 878 g/mol. The fraction of sp³-hybridized carbons (Fsp3) is 0.571. The zero-order chi connectivity index (χ0) is 46.5. The Labute approximate surface area is 391 Å². The fourth-order valence-electron chi connectivity index (χ4n) is 10.7. The number of hydrogen-bond donors (Lipinski definition) is 2. The molecule has 68 heavy (non-hydrogen) atoms. The Morgan fingerprint density at radius 3 is 2.40 bits per heavy atom. The molecule has 5 aromatic rings. The number of hydrogen-bond acceptors (Lipinski definition) is 11. The molecule has 19 heteroatoms. The Bertz CT molecular complexity index is 2760. The summed E-state index contributed by atoms with van der Waals surface area (Å²) in [6.45, 7) is 6.53. The van der Waals surface area contributed by atoms with E-state index in [0.717, 1.165) is 106 Å². The van der Waals surface area contributed by atoms with Crippen LogP contribution in [0.2, 0.25) is 0 Å². The smallest absolute Gasteiger partial charge is 0.284 e. The van der Waals surface area contributed by atoms with E-state index < -0.39 is 36.2 Å². The van der Waals surface area contributed by atoms with Crippen LogP contribution in [0, 0.1) is 23.7 Å². The predicted octanol–water partition coefficient (Wildman–Crippen LogP) is 6.06. The molecule has 3 aliphatic carbocycles. The van der Waals surface area contributed by atoms with E-state index in [0.29, 0.717) is 36.6 Å². The summed E-state index contributed by atoms with van der Waals surface area (Å²) in [4.78, 5) is 49.9. The van der Waals surface area contributed by atoms with Gasteiger partial charge in [0.15, 0.2) is 11.3 Å². The molecule has 11 rings (SSSR count). The van der Waals surface area contributed by atoms with E-state index in [1.165, 1.54) is 29.8 Å². The zero-order valence-electron chi connectivity index (χ0n) is 38.0. The van der Waals surface area contributed by atoms with Gasteiger partial charge in [0.25, 0.3) is 12.3 Å². The topological polar surface area (TPSA) is 160 Å². The summed E-state index contributed by atoms with van der Waals surface area (Å²) >= 11 is 0. The number of anilines is 2. The van der Waals surface area contributed by atoms with Gasteiger partial charge in [-0.05, 0) is 88.2 Å². The lowest BCUT2D eigenvalue weighted by Gasteiger charge is -2.38. The van der Waals surface area contributed by atoms with Crippen LogP contribution in [0.15, 0.2) is 42.9 Å². The van der Waals surface area contributed by atoms with Crippen LogP contribution in [-0.2, 0) is 14.3 Å². The maximum absolute atomic E-state index is 15.6. The quantitative estimate of drug-likeness (QED) is 0.104. The third-order valence-corrected chi connectivity index (χ3v) is 14.8. The van der Waals surface area contributed by atoms with Crippen molar-refractivity contribution in [2.24, 2.45) is 11.8 Å². The Balaban J connectivity index is 0.660. The first kappa shape index (κ1) is 44.7. The molecule has 3 amide bonds. The highest BCUT2D eigenvalue weighted by atomic mass is 19.3. The maximum Gasteiger partial charge on any atom is 0.284 e. The monoisotopic (exact) mass is 934 g/mol. The van der Waals surface area contributed by atoms with E-state index in [9.17, 15) is 23.2 Å². The van der Waals surface area contributed by atoms with Crippen molar-refractivity contribution in [2.75, 3.05) is 69.2 Å². The number of alkyl halides is 3. The zero-order valence-corrected chi connectivity index (χ0v) is 38.0. The second-order valence-electron chi connectivity index (χ2n) is 19.7. The predicted molar refractivity (Wildman–Crippen MR) is 246 cm³/mol. The van der Waals surface area contributed by atoms with E-state index in [4.69, 9.17) is 14.8 Å². The summed E-state index contributed by atoms with van der Waals surface area (Å²) in [5.41, 5.74) is 2.37. The van der Waals surface area contributed by atoms with E-state index in [1.807, 2.05) is 28.9 Å². The molecule has 7 heterocycles. The number of piperazine rings is 1. The van der Waals surface area contributed by atoms with Gasteiger partial charge >= 0.3 is 0 Å². The molecule has 3 saturated heterocycles. The molecule has 16 nitrogen and oxygen atoms in total. The first-order valence-electron chi connectivity index (χ1n) is 24.4. The lowest BCUT2D eigenvalue weighted by Crippen LogP contribution is -2.47. The Hall–Kier alpha value is -5.84. The van der Waals surface area contributed by atoms with Crippen LogP contribution in [0.3, 0.4) is 0 Å². The second-order valence-corrected chi connectivity index (χ2v) is 19.7. The number of halogens is 3. The number of para-hydroxylation sites is 1. The third kappa shape index (κ3) is 9.46. The molecule has 3 atom stereocenters. The molecular formula is C49H57F3N12O4. The molecule has 1 unspecified atom stereocenters. The number of amides is 3. The summed E-state index contributed by atoms with van der Waals surface area (Å²) in [5, 5.41) is 19.5.